The average Bonchev–Trinajstić information content (AvgIpc) is 3.47. The van der Waals surface area contributed by atoms with Crippen LogP contribution in [0.4, 0.5) is 0 Å². The second-order valence-electron chi connectivity index (χ2n) is 23.1. The maximum Gasteiger partial charge on any atom is 0.306 e. The van der Waals surface area contributed by atoms with Gasteiger partial charge in [-0.3, -0.25) is 14.4 Å². The summed E-state index contributed by atoms with van der Waals surface area (Å²) in [4.78, 5) is 38.3. The molecule has 0 radical (unpaired) electrons. The van der Waals surface area contributed by atoms with E-state index in [0.717, 1.165) is 116 Å². The second-order valence-corrected chi connectivity index (χ2v) is 23.1. The van der Waals surface area contributed by atoms with Crippen molar-refractivity contribution in [1.82, 2.24) is 0 Å². The molecular formula is C76H130O6. The standard InChI is InChI=1S/C76H130O6/c1-4-7-10-13-16-19-22-24-26-28-30-31-32-33-34-35-36-37-38-39-40-41-42-43-44-45-46-48-49-51-54-57-60-63-66-69-75(78)81-72-73(71-80-74(77)68-65-62-59-56-53-21-18-15-12-9-6-3)82-76(79)70-67-64-61-58-55-52-50-47-29-27-25-23-20-17-14-11-8-5-2/h7,10,16,19-20,23-24,26-27,29-31,33-34,36-37,39-40,73H,4-6,8-9,11-15,17-18,21-22,25,28,32,35,38,41-72H2,1-3H3/b10-7-,19-16-,23-20-,26-24-,29-27-,31-30-,34-33-,37-36-,40-39-. The number of carbonyl (C=O) groups excluding carboxylic acids is 3. The van der Waals surface area contributed by atoms with Crippen LogP contribution in [0.25, 0.3) is 0 Å². The maximum absolute atomic E-state index is 12.9. The molecule has 470 valence electrons. The normalized spacial score (nSPS) is 12.8. The summed E-state index contributed by atoms with van der Waals surface area (Å²) in [5.74, 6) is -0.874. The zero-order chi connectivity index (χ0) is 59.2. The number of hydrogen-bond donors (Lipinski definition) is 0. The number of rotatable bonds is 63. The quantitative estimate of drug-likeness (QED) is 0.0261. The number of carbonyl (C=O) groups is 3. The molecule has 0 heterocycles. The fraction of sp³-hybridized carbons (Fsp3) is 0.724. The van der Waals surface area contributed by atoms with Crippen LogP contribution < -0.4 is 0 Å². The van der Waals surface area contributed by atoms with Crippen LogP contribution in [0.15, 0.2) is 109 Å². The van der Waals surface area contributed by atoms with Gasteiger partial charge < -0.3 is 14.2 Å². The number of unbranched alkanes of at least 4 members (excludes halogenated alkanes) is 34. The highest BCUT2D eigenvalue weighted by Gasteiger charge is 2.19. The Morgan fingerprint density at radius 2 is 0.476 bits per heavy atom. The van der Waals surface area contributed by atoms with E-state index >= 15 is 0 Å². The molecule has 0 amide bonds. The van der Waals surface area contributed by atoms with Crippen LogP contribution in [0.1, 0.15) is 335 Å². The molecule has 0 spiro atoms. The summed E-state index contributed by atoms with van der Waals surface area (Å²) in [6.45, 7) is 6.52. The van der Waals surface area contributed by atoms with E-state index in [2.05, 4.69) is 130 Å². The van der Waals surface area contributed by atoms with Gasteiger partial charge in [-0.15, -0.1) is 0 Å². The highest BCUT2D eigenvalue weighted by molar-refractivity contribution is 5.71. The molecule has 0 N–H and O–H groups in total. The van der Waals surface area contributed by atoms with Gasteiger partial charge in [-0.25, -0.2) is 0 Å². The van der Waals surface area contributed by atoms with Crippen molar-refractivity contribution >= 4 is 17.9 Å². The summed E-state index contributed by atoms with van der Waals surface area (Å²) in [6.07, 6.45) is 95.4. The fourth-order valence-electron chi connectivity index (χ4n) is 9.81. The van der Waals surface area contributed by atoms with E-state index in [1.807, 2.05) is 0 Å². The van der Waals surface area contributed by atoms with Gasteiger partial charge >= 0.3 is 17.9 Å². The first-order valence-electron chi connectivity index (χ1n) is 34.9. The Balaban J connectivity index is 4.17. The Bertz CT molecular complexity index is 1640. The molecule has 0 aliphatic heterocycles. The zero-order valence-electron chi connectivity index (χ0n) is 54.0. The average molecular weight is 1140 g/mol. The van der Waals surface area contributed by atoms with Gasteiger partial charge in [0.15, 0.2) is 6.10 Å². The van der Waals surface area contributed by atoms with Crippen LogP contribution in [-0.2, 0) is 28.6 Å². The smallest absolute Gasteiger partial charge is 0.306 e. The van der Waals surface area contributed by atoms with Crippen molar-refractivity contribution in [3.63, 3.8) is 0 Å². The fourth-order valence-corrected chi connectivity index (χ4v) is 9.81. The van der Waals surface area contributed by atoms with Gasteiger partial charge in [-0.2, -0.15) is 0 Å². The van der Waals surface area contributed by atoms with E-state index < -0.39 is 6.10 Å². The Hall–Kier alpha value is -3.93. The van der Waals surface area contributed by atoms with Crippen molar-refractivity contribution in [2.75, 3.05) is 13.2 Å². The lowest BCUT2D eigenvalue weighted by molar-refractivity contribution is -0.167. The summed E-state index contributed by atoms with van der Waals surface area (Å²) in [5.41, 5.74) is 0. The summed E-state index contributed by atoms with van der Waals surface area (Å²) in [6, 6.07) is 0. The summed E-state index contributed by atoms with van der Waals surface area (Å²) in [7, 11) is 0. The minimum absolute atomic E-state index is 0.0774. The van der Waals surface area contributed by atoms with E-state index in [-0.39, 0.29) is 31.1 Å². The highest BCUT2D eigenvalue weighted by atomic mass is 16.6. The van der Waals surface area contributed by atoms with Gasteiger partial charge in [0.25, 0.3) is 0 Å². The largest absolute Gasteiger partial charge is 0.462 e. The van der Waals surface area contributed by atoms with Crippen molar-refractivity contribution in [1.29, 1.82) is 0 Å². The molecular weight excluding hydrogens is 1010 g/mol. The van der Waals surface area contributed by atoms with Gasteiger partial charge in [-0.1, -0.05) is 316 Å². The van der Waals surface area contributed by atoms with E-state index in [1.54, 1.807) is 0 Å². The molecule has 0 aliphatic carbocycles. The lowest BCUT2D eigenvalue weighted by Gasteiger charge is -2.18. The second kappa shape index (κ2) is 69.6. The molecule has 0 aliphatic rings. The van der Waals surface area contributed by atoms with Gasteiger partial charge in [0, 0.05) is 19.3 Å². The predicted octanol–water partition coefficient (Wildman–Crippen LogP) is 24.2. The SMILES string of the molecule is CC/C=C\C/C=C\C/C=C\C/C=C\C/C=C\C/C=C\C/C=C\CCCCCCCCCCCCCCCC(=O)OCC(COC(=O)CCCCCCCCCCCCC)OC(=O)CCCCCCCCC/C=C\C/C=C\CCCCCC. The number of esters is 3. The number of ether oxygens (including phenoxy) is 3. The van der Waals surface area contributed by atoms with E-state index in [9.17, 15) is 14.4 Å². The minimum atomic E-state index is -0.781. The van der Waals surface area contributed by atoms with Gasteiger partial charge in [0.05, 0.1) is 0 Å². The molecule has 0 rings (SSSR count). The highest BCUT2D eigenvalue weighted by Crippen LogP contribution is 2.17. The van der Waals surface area contributed by atoms with Crippen molar-refractivity contribution in [2.45, 2.75) is 341 Å². The van der Waals surface area contributed by atoms with Gasteiger partial charge in [0.1, 0.15) is 13.2 Å². The minimum Gasteiger partial charge on any atom is -0.462 e. The molecule has 1 unspecified atom stereocenters. The molecule has 6 heteroatoms. The van der Waals surface area contributed by atoms with Gasteiger partial charge in [0.2, 0.25) is 0 Å². The summed E-state index contributed by atoms with van der Waals surface area (Å²) in [5, 5.41) is 0. The number of hydrogen-bond acceptors (Lipinski definition) is 6. The Kier molecular flexibility index (Phi) is 66.2. The van der Waals surface area contributed by atoms with Crippen LogP contribution in [0, 0.1) is 0 Å². The Morgan fingerprint density at radius 1 is 0.256 bits per heavy atom. The lowest BCUT2D eigenvalue weighted by Crippen LogP contribution is -2.30. The van der Waals surface area contributed by atoms with Crippen LogP contribution in [0.5, 0.6) is 0 Å². The molecule has 0 saturated heterocycles. The van der Waals surface area contributed by atoms with Crippen molar-refractivity contribution in [3.05, 3.63) is 109 Å². The maximum atomic E-state index is 12.9. The van der Waals surface area contributed by atoms with Crippen LogP contribution in [0.2, 0.25) is 0 Å². The first kappa shape index (κ1) is 78.1. The third kappa shape index (κ3) is 66.9. The molecule has 0 aromatic heterocycles. The number of allylic oxidation sites excluding steroid dienone is 18. The molecule has 0 bridgehead atoms. The van der Waals surface area contributed by atoms with E-state index in [0.29, 0.717) is 19.3 Å². The van der Waals surface area contributed by atoms with Gasteiger partial charge in [-0.05, 0) is 109 Å². The van der Waals surface area contributed by atoms with Crippen LogP contribution in [0.3, 0.4) is 0 Å². The van der Waals surface area contributed by atoms with Crippen molar-refractivity contribution in [2.24, 2.45) is 0 Å². The molecule has 82 heavy (non-hydrogen) atoms. The summed E-state index contributed by atoms with van der Waals surface area (Å²) < 4.78 is 16.9. The molecule has 0 aromatic rings. The van der Waals surface area contributed by atoms with Crippen molar-refractivity contribution < 1.29 is 28.6 Å². The monoisotopic (exact) mass is 1140 g/mol. The third-order valence-electron chi connectivity index (χ3n) is 15.0. The van der Waals surface area contributed by atoms with Crippen LogP contribution >= 0.6 is 0 Å². The Labute approximate surface area is 508 Å². The molecule has 1 atom stereocenters. The topological polar surface area (TPSA) is 78.9 Å². The van der Waals surface area contributed by atoms with Crippen LogP contribution in [-0.4, -0.2) is 37.2 Å². The molecule has 0 aromatic carbocycles. The molecule has 6 nitrogen and oxygen atoms in total. The van der Waals surface area contributed by atoms with E-state index in [1.165, 1.54) is 180 Å². The first-order valence-corrected chi connectivity index (χ1v) is 34.9. The lowest BCUT2D eigenvalue weighted by atomic mass is 10.0. The van der Waals surface area contributed by atoms with Crippen molar-refractivity contribution in [3.8, 4) is 0 Å². The van der Waals surface area contributed by atoms with E-state index in [4.69, 9.17) is 14.2 Å². The molecule has 0 fully saturated rings. The summed E-state index contributed by atoms with van der Waals surface area (Å²) >= 11 is 0. The molecule has 0 saturated carbocycles. The predicted molar refractivity (Wildman–Crippen MR) is 357 cm³/mol. The Morgan fingerprint density at radius 3 is 0.756 bits per heavy atom. The zero-order valence-corrected chi connectivity index (χ0v) is 54.0. The third-order valence-corrected chi connectivity index (χ3v) is 15.0. The first-order chi connectivity index (χ1) is 40.5.